The van der Waals surface area contributed by atoms with Crippen LogP contribution < -0.4 is 47.9 Å². The Morgan fingerprint density at radius 3 is 0.524 bits per heavy atom. The number of hydrogen-bond donors (Lipinski definition) is 18. The second kappa shape index (κ2) is 59.0. The van der Waals surface area contributed by atoms with Crippen LogP contribution in [0.4, 0.5) is 0 Å². The van der Waals surface area contributed by atoms with Crippen molar-refractivity contribution in [2.75, 3.05) is 275 Å². The van der Waals surface area contributed by atoms with E-state index in [1.807, 2.05) is 0 Å². The summed E-state index contributed by atoms with van der Waals surface area (Å²) in [5.74, 6) is -16.7. The molecule has 18 N–H and O–H groups in total. The van der Waals surface area contributed by atoms with Gasteiger partial charge in [0.05, 0.1) is 113 Å². The number of carbonyl (C=O) groups is 18. The number of rotatable bonds is 42. The monoisotopic (exact) mass is 2240 g/mol. The summed E-state index contributed by atoms with van der Waals surface area (Å²) in [6.45, 7) is 1.15. The van der Waals surface area contributed by atoms with Crippen LogP contribution in [0, 0.1) is 50.7 Å². The molecule has 4 rings (SSSR count). The van der Waals surface area contributed by atoms with Gasteiger partial charge in [0.2, 0.25) is 35.4 Å². The first-order valence-corrected chi connectivity index (χ1v) is 42.7. The molecule has 0 bridgehead atoms. The molecule has 3 aliphatic heterocycles. The summed E-state index contributed by atoms with van der Waals surface area (Å²) in [5, 5.41) is 110. The molecule has 52 heteroatoms. The molecule has 124 heavy (non-hydrogen) atoms. The van der Waals surface area contributed by atoms with Crippen molar-refractivity contribution in [1.82, 2.24) is 107 Å². The summed E-state index contributed by atoms with van der Waals surface area (Å²) < 4.78 is 0.126. The summed E-state index contributed by atoms with van der Waals surface area (Å²) >= 11 is 5.26. The molecular weight excluding hydrogens is 2130 g/mol. The predicted octanol–water partition coefficient (Wildman–Crippen LogP) is -9.02. The van der Waals surface area contributed by atoms with E-state index in [1.165, 1.54) is 0 Å². The van der Waals surface area contributed by atoms with E-state index in [0.717, 1.165) is 0 Å². The first kappa shape index (κ1) is 111. The van der Waals surface area contributed by atoms with Crippen LogP contribution >= 0.6 is 67.8 Å². The van der Waals surface area contributed by atoms with Gasteiger partial charge in [0.15, 0.2) is 0 Å². The Labute approximate surface area is 788 Å². The molecule has 9 amide bonds. The zero-order valence-corrected chi connectivity index (χ0v) is 77.9. The SMILES string of the molecule is CC(C(=O)NCC(=O)NCCNC(=O)c1c(I)c(C(=O)NCCNC(=O)CNC(=O)C(C)N2CCN(CC(=O)O)CCN(CC(=O)O)CCN(CC(=O)O)CC2)c(I)c(C(=O)NCCNC(=O)CNC(=O)C(C)N2CCN(CC(=O)O)CCN(CC(=O)O)CCN(CC(=O)O)CC2)c1I)N1CCN(CC(=O)O)CCN(CC(=O)O)CCN(CC(=O)O)CC1.[Gd+3]. The number of halogens is 3. The zero-order valence-electron chi connectivity index (χ0n) is 69.2. The molecule has 3 saturated heterocycles. The summed E-state index contributed by atoms with van der Waals surface area (Å²) in [5.41, 5.74) is -0.515. The maximum Gasteiger partial charge on any atom is 3.00 e. The van der Waals surface area contributed by atoms with Crippen LogP contribution in [0.25, 0.3) is 0 Å². The summed E-state index contributed by atoms with van der Waals surface area (Å²) in [6.07, 6.45) is 0. The van der Waals surface area contributed by atoms with Gasteiger partial charge in [0.25, 0.3) is 17.7 Å². The van der Waals surface area contributed by atoms with E-state index in [9.17, 15) is 132 Å². The van der Waals surface area contributed by atoms with Crippen molar-refractivity contribution >= 4 is 175 Å². The molecule has 1 aromatic rings. The number of aliphatic carboxylic acids is 9. The molecule has 1 radical (unpaired) electrons. The van der Waals surface area contributed by atoms with Gasteiger partial charge in [0.1, 0.15) is 0 Å². The molecule has 0 aliphatic carbocycles. The smallest absolute Gasteiger partial charge is 0.480 e. The molecule has 3 unspecified atom stereocenters. The minimum absolute atomic E-state index is 0. The molecule has 3 fully saturated rings. The molecule has 0 aromatic heterocycles. The number of amides is 9. The van der Waals surface area contributed by atoms with Gasteiger partial charge in [-0.15, -0.1) is 0 Å². The summed E-state index contributed by atoms with van der Waals surface area (Å²) in [6, 6.07) is -2.82. The standard InChI is InChI=1S/C72H114I3N21O27.Gd/c1-46(94-28-22-88(40-55(106)107)16-10-85(37-52(100)101)11-17-89(23-29-94)41-56(108)109)67(118)82-34-49(97)76-4-7-79-70(121)61-64(73)62(71(122)80-8-5-77-50(98)35-83-68(119)47(2)95-30-24-90(42-57(110)111)18-12-86(38-53(102)103)13-19-91(25-31-95)43-58(112)113)66(75)63(65(61)74)72(123)81-9-6-78-51(99)36-84-69(120)48(3)96-32-26-92(44-59(114)115)20-14-87(39-54(104)105)15-21-93(27-33-96)45-60(116)117;/h46-48H,4-45H2,1-3H3,(H,76,97)(H,77,98)(H,78,99)(H,79,121)(H,80,122)(H,81,123)(H,82,118)(H,83,119)(H,84,120)(H,100,101)(H,102,103)(H,104,105)(H,106,107)(H,108,109)(H,110,111)(H,112,113)(H,114,115)(H,116,117);/q;+3. The first-order chi connectivity index (χ1) is 58.1. The minimum atomic E-state index is -1.14. The van der Waals surface area contributed by atoms with E-state index >= 15 is 0 Å². The number of benzene rings is 1. The van der Waals surface area contributed by atoms with Gasteiger partial charge in [-0.3, -0.25) is 145 Å². The molecule has 48 nitrogen and oxygen atoms in total. The molecule has 1 aromatic carbocycles. The van der Waals surface area contributed by atoms with Crippen molar-refractivity contribution in [3.05, 3.63) is 27.4 Å². The van der Waals surface area contributed by atoms with Crippen molar-refractivity contribution in [2.24, 2.45) is 0 Å². The number of nitrogens with zero attached hydrogens (tertiary/aromatic N) is 12. The Kier molecular flexibility index (Phi) is 52.7. The number of carbonyl (C=O) groups excluding carboxylic acids is 9. The number of carboxylic acid groups (broad SMARTS) is 9. The van der Waals surface area contributed by atoms with Gasteiger partial charge in [-0.1, -0.05) is 0 Å². The molecule has 0 saturated carbocycles. The molecule has 3 aliphatic rings. The number of nitrogens with one attached hydrogen (secondary N) is 9. The third kappa shape index (κ3) is 43.5. The normalized spacial score (nSPS) is 17.6. The Morgan fingerprint density at radius 2 is 0.379 bits per heavy atom. The van der Waals surface area contributed by atoms with Crippen molar-refractivity contribution < 1.29 is 172 Å². The maximum atomic E-state index is 14.4. The van der Waals surface area contributed by atoms with Crippen LogP contribution in [0.5, 0.6) is 0 Å². The Hall–Kier alpha value is -7.29. The summed E-state index contributed by atoms with van der Waals surface area (Å²) in [7, 11) is 0. The van der Waals surface area contributed by atoms with E-state index in [0.29, 0.717) is 0 Å². The maximum absolute atomic E-state index is 14.4. The Balaban J connectivity index is 0.0000397. The second-order valence-electron chi connectivity index (χ2n) is 29.2. The van der Waals surface area contributed by atoms with E-state index < -0.39 is 184 Å². The third-order valence-electron chi connectivity index (χ3n) is 20.1. The van der Waals surface area contributed by atoms with Crippen LogP contribution in [0.1, 0.15) is 51.8 Å². The Bertz CT molecular complexity index is 3360. The molecule has 3 heterocycles. The van der Waals surface area contributed by atoms with Gasteiger partial charge >= 0.3 is 93.7 Å². The van der Waals surface area contributed by atoms with E-state index in [2.05, 4.69) is 47.9 Å². The van der Waals surface area contributed by atoms with Crippen molar-refractivity contribution in [1.29, 1.82) is 0 Å². The third-order valence-corrected chi connectivity index (χ3v) is 23.3. The number of hydrogen-bond acceptors (Lipinski definition) is 30. The quantitative estimate of drug-likeness (QED) is 0.0213. The van der Waals surface area contributed by atoms with E-state index in [4.69, 9.17) is 0 Å². The van der Waals surface area contributed by atoms with Crippen LogP contribution in [-0.4, -0.2) is 505 Å². The van der Waals surface area contributed by atoms with Gasteiger partial charge in [-0.25, -0.2) is 0 Å². The Morgan fingerprint density at radius 1 is 0.242 bits per heavy atom. The van der Waals surface area contributed by atoms with Gasteiger partial charge in [0, 0.05) is 207 Å². The zero-order chi connectivity index (χ0) is 91.6. The molecule has 0 spiro atoms. The fraction of sp³-hybridized carbons (Fsp3) is 0.667. The average molecular weight is 2240 g/mol. The topological polar surface area (TPSA) is 636 Å². The predicted molar refractivity (Wildman–Crippen MR) is 459 cm³/mol. The van der Waals surface area contributed by atoms with Crippen LogP contribution in [-0.2, 0) is 71.9 Å². The van der Waals surface area contributed by atoms with Crippen LogP contribution in [0.2, 0.25) is 0 Å². The van der Waals surface area contributed by atoms with Gasteiger partial charge in [-0.05, 0) is 88.5 Å². The molecule has 3 atom stereocenters. The van der Waals surface area contributed by atoms with E-state index in [-0.39, 0.29) is 283 Å². The molecule has 695 valence electrons. The minimum Gasteiger partial charge on any atom is -0.480 e. The van der Waals surface area contributed by atoms with Crippen molar-refractivity contribution in [3.63, 3.8) is 0 Å². The van der Waals surface area contributed by atoms with Gasteiger partial charge in [-0.2, -0.15) is 0 Å². The van der Waals surface area contributed by atoms with Crippen molar-refractivity contribution in [2.45, 2.75) is 38.9 Å². The van der Waals surface area contributed by atoms with Crippen LogP contribution in [0.15, 0.2) is 0 Å². The van der Waals surface area contributed by atoms with Crippen LogP contribution in [0.3, 0.4) is 0 Å². The largest absolute Gasteiger partial charge is 3.00 e. The fourth-order valence-corrected chi connectivity index (χ4v) is 17.9. The average Bonchev–Trinajstić information content (AvgIpc) is 0.760. The van der Waals surface area contributed by atoms with Crippen molar-refractivity contribution in [3.8, 4) is 0 Å². The second-order valence-corrected chi connectivity index (χ2v) is 32.4. The molecular formula is C72H114GdI3N21O27+3. The number of carboxylic acids is 9. The fourth-order valence-electron chi connectivity index (χ4n) is 13.3. The van der Waals surface area contributed by atoms with E-state index in [1.54, 1.807) is 147 Å². The summed E-state index contributed by atoms with van der Waals surface area (Å²) in [4.78, 5) is 249. The van der Waals surface area contributed by atoms with Gasteiger partial charge < -0.3 is 93.8 Å². The first-order valence-electron chi connectivity index (χ1n) is 39.5.